The second-order valence-electron chi connectivity index (χ2n) is 4.81. The summed E-state index contributed by atoms with van der Waals surface area (Å²) in [5.41, 5.74) is 0.514. The molecule has 0 spiro atoms. The number of aryl methyl sites for hydroxylation is 1. The summed E-state index contributed by atoms with van der Waals surface area (Å²) in [5.74, 6) is 1.28. The van der Waals surface area contributed by atoms with Crippen LogP contribution in [0, 0.1) is 0 Å². The van der Waals surface area contributed by atoms with Gasteiger partial charge in [0, 0.05) is 31.1 Å². The van der Waals surface area contributed by atoms with Crippen LogP contribution in [0.2, 0.25) is 5.02 Å². The summed E-state index contributed by atoms with van der Waals surface area (Å²) in [7, 11) is 0. The fraction of sp³-hybridized carbons (Fsp3) is 0.333. The van der Waals surface area contributed by atoms with Crippen molar-refractivity contribution in [1.29, 1.82) is 0 Å². The monoisotopic (exact) mass is 353 g/mol. The lowest BCUT2D eigenvalue weighted by molar-refractivity contribution is -0.113. The van der Waals surface area contributed by atoms with E-state index in [0.717, 1.165) is 11.7 Å². The summed E-state index contributed by atoms with van der Waals surface area (Å²) in [4.78, 5) is 16.4. The first-order valence-electron chi connectivity index (χ1n) is 7.20. The second kappa shape index (κ2) is 7.14. The van der Waals surface area contributed by atoms with Crippen LogP contribution in [-0.2, 0) is 11.3 Å². The summed E-state index contributed by atoms with van der Waals surface area (Å²) in [6.07, 6.45) is 3.61. The van der Waals surface area contributed by atoms with E-state index in [1.165, 1.54) is 11.8 Å². The highest BCUT2D eigenvalue weighted by Crippen LogP contribution is 2.38. The number of anilines is 1. The first-order chi connectivity index (χ1) is 11.2. The van der Waals surface area contributed by atoms with Crippen molar-refractivity contribution in [3.05, 3.63) is 29.5 Å². The Morgan fingerprint density at radius 1 is 1.39 bits per heavy atom. The number of hydrogen-bond donors (Lipinski definition) is 1. The molecule has 0 aliphatic carbocycles. The molecule has 3 rings (SSSR count). The predicted molar refractivity (Wildman–Crippen MR) is 89.7 cm³/mol. The number of rotatable bonds is 5. The number of hydrogen-bond acceptors (Lipinski definition) is 5. The van der Waals surface area contributed by atoms with Gasteiger partial charge in [0.2, 0.25) is 5.91 Å². The molecule has 0 atom stereocenters. The van der Waals surface area contributed by atoms with E-state index < -0.39 is 0 Å². The van der Waals surface area contributed by atoms with Gasteiger partial charge in [-0.3, -0.25) is 4.79 Å². The van der Waals surface area contributed by atoms with E-state index in [9.17, 15) is 4.79 Å². The molecule has 0 radical (unpaired) electrons. The van der Waals surface area contributed by atoms with Crippen LogP contribution in [0.5, 0.6) is 11.5 Å². The molecule has 1 aromatic carbocycles. The van der Waals surface area contributed by atoms with Gasteiger partial charge in [0.1, 0.15) is 13.2 Å². The summed E-state index contributed by atoms with van der Waals surface area (Å²) in [6.45, 7) is 3.83. The average molecular weight is 354 g/mol. The zero-order valence-electron chi connectivity index (χ0n) is 12.5. The highest BCUT2D eigenvalue weighted by atomic mass is 35.5. The van der Waals surface area contributed by atoms with Gasteiger partial charge in [0.15, 0.2) is 16.7 Å². The Morgan fingerprint density at radius 3 is 2.87 bits per heavy atom. The van der Waals surface area contributed by atoms with Crippen molar-refractivity contribution in [3.63, 3.8) is 0 Å². The van der Waals surface area contributed by atoms with E-state index in [0.29, 0.717) is 35.4 Å². The largest absolute Gasteiger partial charge is 0.486 e. The maximum absolute atomic E-state index is 12.1. The van der Waals surface area contributed by atoms with Gasteiger partial charge in [-0.2, -0.15) is 0 Å². The van der Waals surface area contributed by atoms with E-state index in [1.54, 1.807) is 18.3 Å². The van der Waals surface area contributed by atoms with Gasteiger partial charge in [0.25, 0.3) is 0 Å². The van der Waals surface area contributed by atoms with Gasteiger partial charge in [-0.05, 0) is 6.92 Å². The van der Waals surface area contributed by atoms with Crippen LogP contribution in [0.4, 0.5) is 5.69 Å². The average Bonchev–Trinajstić information content (AvgIpc) is 3.01. The molecule has 1 amide bonds. The molecule has 2 aromatic rings. The lowest BCUT2D eigenvalue weighted by Crippen LogP contribution is -2.17. The normalized spacial score (nSPS) is 13.0. The van der Waals surface area contributed by atoms with Crippen LogP contribution in [0.1, 0.15) is 6.92 Å². The van der Waals surface area contributed by atoms with Crippen LogP contribution in [0.15, 0.2) is 29.7 Å². The molecule has 1 aliphatic heterocycles. The molecule has 0 bridgehead atoms. The molecule has 0 unspecified atom stereocenters. The minimum Gasteiger partial charge on any atom is -0.486 e. The van der Waals surface area contributed by atoms with Crippen LogP contribution in [-0.4, -0.2) is 34.4 Å². The summed E-state index contributed by atoms with van der Waals surface area (Å²) in [6, 6.07) is 3.34. The smallest absolute Gasteiger partial charge is 0.234 e. The Bertz CT molecular complexity index is 720. The molecule has 1 N–H and O–H groups in total. The first kappa shape index (κ1) is 16.0. The van der Waals surface area contributed by atoms with Crippen LogP contribution < -0.4 is 14.8 Å². The Hall–Kier alpha value is -1.86. The van der Waals surface area contributed by atoms with Crippen molar-refractivity contribution in [2.45, 2.75) is 18.6 Å². The first-order valence-corrected chi connectivity index (χ1v) is 8.56. The minimum absolute atomic E-state index is 0.153. The zero-order chi connectivity index (χ0) is 16.2. The number of imidazole rings is 1. The summed E-state index contributed by atoms with van der Waals surface area (Å²) < 4.78 is 12.9. The number of thioether (sulfide) groups is 1. The molecular formula is C15H16ClN3O3S. The zero-order valence-corrected chi connectivity index (χ0v) is 14.1. The second-order valence-corrected chi connectivity index (χ2v) is 6.16. The van der Waals surface area contributed by atoms with Gasteiger partial charge in [-0.25, -0.2) is 4.98 Å². The highest BCUT2D eigenvalue weighted by molar-refractivity contribution is 7.99. The number of halogens is 1. The summed E-state index contributed by atoms with van der Waals surface area (Å²) >= 11 is 7.56. The Balaban J connectivity index is 1.63. The number of nitrogens with zero attached hydrogens (tertiary/aromatic N) is 2. The van der Waals surface area contributed by atoms with Crippen molar-refractivity contribution < 1.29 is 14.3 Å². The van der Waals surface area contributed by atoms with E-state index >= 15 is 0 Å². The Morgan fingerprint density at radius 2 is 2.13 bits per heavy atom. The van der Waals surface area contributed by atoms with Crippen LogP contribution in [0.25, 0.3) is 0 Å². The lowest BCUT2D eigenvalue weighted by Gasteiger charge is -2.20. The molecule has 2 heterocycles. The molecule has 1 aliphatic rings. The summed E-state index contributed by atoms with van der Waals surface area (Å²) in [5, 5.41) is 4.03. The number of carbonyl (C=O) groups excluding carboxylic acids is 1. The van der Waals surface area contributed by atoms with E-state index in [2.05, 4.69) is 10.3 Å². The number of amides is 1. The lowest BCUT2D eigenvalue weighted by atomic mass is 10.2. The number of benzene rings is 1. The van der Waals surface area contributed by atoms with E-state index in [-0.39, 0.29) is 11.7 Å². The van der Waals surface area contributed by atoms with E-state index in [1.807, 2.05) is 17.7 Å². The Labute approximate surface area is 143 Å². The fourth-order valence-electron chi connectivity index (χ4n) is 2.15. The number of carbonyl (C=O) groups is 1. The Kier molecular flexibility index (Phi) is 4.97. The highest BCUT2D eigenvalue weighted by Gasteiger charge is 2.16. The van der Waals surface area contributed by atoms with Gasteiger partial charge < -0.3 is 19.4 Å². The van der Waals surface area contributed by atoms with Gasteiger partial charge in [-0.1, -0.05) is 23.4 Å². The third-order valence-corrected chi connectivity index (χ3v) is 4.57. The molecule has 1 aromatic heterocycles. The molecule has 122 valence electrons. The molecule has 8 heteroatoms. The number of fused-ring (bicyclic) bond motifs is 1. The molecule has 6 nitrogen and oxygen atoms in total. The van der Waals surface area contributed by atoms with Crippen molar-refractivity contribution in [1.82, 2.24) is 9.55 Å². The fourth-order valence-corrected chi connectivity index (χ4v) is 3.18. The van der Waals surface area contributed by atoms with Crippen LogP contribution in [0.3, 0.4) is 0 Å². The number of aromatic nitrogens is 2. The SMILES string of the molecule is CCn1ccnc1SCC(=O)Nc1cc2c(cc1Cl)OCCO2. The maximum Gasteiger partial charge on any atom is 0.234 e. The van der Waals surface area contributed by atoms with Gasteiger partial charge in [0.05, 0.1) is 16.5 Å². The number of nitrogens with one attached hydrogen (secondary N) is 1. The predicted octanol–water partition coefficient (Wildman–Crippen LogP) is 3.06. The molecule has 0 fully saturated rings. The standard InChI is InChI=1S/C15H16ClN3O3S/c1-2-19-4-3-17-15(19)23-9-14(20)18-11-8-13-12(7-10(11)16)21-5-6-22-13/h3-4,7-8H,2,5-6,9H2,1H3,(H,18,20). The van der Waals surface area contributed by atoms with Gasteiger partial charge in [-0.15, -0.1) is 0 Å². The quantitative estimate of drug-likeness (QED) is 0.837. The van der Waals surface area contributed by atoms with Crippen molar-refractivity contribution >= 4 is 35.0 Å². The van der Waals surface area contributed by atoms with Crippen molar-refractivity contribution in [2.24, 2.45) is 0 Å². The third kappa shape index (κ3) is 3.73. The molecule has 0 saturated carbocycles. The van der Waals surface area contributed by atoms with Crippen molar-refractivity contribution in [2.75, 3.05) is 24.3 Å². The molecular weight excluding hydrogens is 338 g/mol. The third-order valence-electron chi connectivity index (χ3n) is 3.26. The minimum atomic E-state index is -0.153. The maximum atomic E-state index is 12.1. The van der Waals surface area contributed by atoms with E-state index in [4.69, 9.17) is 21.1 Å². The molecule has 0 saturated heterocycles. The topological polar surface area (TPSA) is 65.4 Å². The van der Waals surface area contributed by atoms with Crippen molar-refractivity contribution in [3.8, 4) is 11.5 Å². The van der Waals surface area contributed by atoms with Gasteiger partial charge >= 0.3 is 0 Å². The number of ether oxygens (including phenoxy) is 2. The van der Waals surface area contributed by atoms with Crippen LogP contribution >= 0.6 is 23.4 Å². The molecule has 23 heavy (non-hydrogen) atoms.